The zero-order valence-corrected chi connectivity index (χ0v) is 20.2. The number of nitrogens with one attached hydrogen (secondary N) is 3. The van der Waals surface area contributed by atoms with Gasteiger partial charge in [-0.3, -0.25) is 4.79 Å². The van der Waals surface area contributed by atoms with Crippen molar-refractivity contribution in [2.24, 2.45) is 5.10 Å². The van der Waals surface area contributed by atoms with Crippen LogP contribution < -0.4 is 16.1 Å². The first-order valence-electron chi connectivity index (χ1n) is 10.2. The molecular formula is C24H19Cl2FN4O2S. The third-order valence-corrected chi connectivity index (χ3v) is 6.50. The first kappa shape index (κ1) is 24.1. The van der Waals surface area contributed by atoms with Gasteiger partial charge in [-0.1, -0.05) is 29.3 Å². The summed E-state index contributed by atoms with van der Waals surface area (Å²) in [6, 6.07) is 15.1. The molecule has 0 aliphatic heterocycles. The molecule has 0 radical (unpaired) electrons. The number of hydrogen-bond donors (Lipinski definition) is 3. The molecule has 3 N–H and O–H groups in total. The topological polar surface area (TPSA) is 82.6 Å². The van der Waals surface area contributed by atoms with Crippen LogP contribution in [0.25, 0.3) is 0 Å². The number of hydrazone groups is 1. The van der Waals surface area contributed by atoms with Gasteiger partial charge in [0.2, 0.25) is 0 Å². The Morgan fingerprint density at radius 1 is 1.06 bits per heavy atom. The van der Waals surface area contributed by atoms with E-state index in [4.69, 9.17) is 23.2 Å². The molecule has 4 rings (SSSR count). The SMILES string of the molecule is CSc1ccc(NC(=O)N/N=C2\c3ccc(Cl)cc3CC2NC(=O)c2ccc(F)cc2Cl)cc1. The fourth-order valence-corrected chi connectivity index (χ4v) is 4.45. The number of carbonyl (C=O) groups is 2. The van der Waals surface area contributed by atoms with Gasteiger partial charge in [0, 0.05) is 21.2 Å². The molecule has 0 fully saturated rings. The Morgan fingerprint density at radius 3 is 2.53 bits per heavy atom. The minimum absolute atomic E-state index is 0.000427. The molecule has 10 heteroatoms. The number of hydrogen-bond acceptors (Lipinski definition) is 4. The molecular weight excluding hydrogens is 498 g/mol. The van der Waals surface area contributed by atoms with Crippen molar-refractivity contribution < 1.29 is 14.0 Å². The number of urea groups is 1. The number of benzene rings is 3. The minimum atomic E-state index is -0.553. The summed E-state index contributed by atoms with van der Waals surface area (Å²) in [4.78, 5) is 26.3. The number of amides is 3. The third kappa shape index (κ3) is 5.52. The Hall–Kier alpha value is -3.07. The van der Waals surface area contributed by atoms with E-state index in [0.29, 0.717) is 22.8 Å². The lowest BCUT2D eigenvalue weighted by atomic mass is 10.1. The Balaban J connectivity index is 1.53. The standard InChI is InChI=1S/C24H19Cl2FN4O2S/c1-34-17-6-4-16(5-7-17)28-24(33)31-30-22-18-8-2-14(25)10-13(18)11-21(22)29-23(32)19-9-3-15(27)12-20(19)26/h2-10,12,21H,11H2,1H3,(H,29,32)(H2,28,31,33)/b30-22+. The lowest BCUT2D eigenvalue weighted by Gasteiger charge is -2.15. The monoisotopic (exact) mass is 516 g/mol. The van der Waals surface area contributed by atoms with Crippen LogP contribution in [0, 0.1) is 5.82 Å². The quantitative estimate of drug-likeness (QED) is 0.299. The van der Waals surface area contributed by atoms with E-state index >= 15 is 0 Å². The minimum Gasteiger partial charge on any atom is -0.343 e. The van der Waals surface area contributed by atoms with E-state index in [1.165, 1.54) is 6.07 Å². The number of nitrogens with zero attached hydrogens (tertiary/aromatic N) is 1. The molecule has 1 aliphatic rings. The molecule has 0 aromatic heterocycles. The molecule has 3 aromatic rings. The zero-order chi connectivity index (χ0) is 24.2. The molecule has 1 atom stereocenters. The van der Waals surface area contributed by atoms with Gasteiger partial charge in [-0.05, 0) is 72.8 Å². The lowest BCUT2D eigenvalue weighted by Crippen LogP contribution is -2.40. The van der Waals surface area contributed by atoms with Crippen molar-refractivity contribution in [1.29, 1.82) is 0 Å². The number of fused-ring (bicyclic) bond motifs is 1. The predicted octanol–water partition coefficient (Wildman–Crippen LogP) is 5.73. The summed E-state index contributed by atoms with van der Waals surface area (Å²) < 4.78 is 13.4. The summed E-state index contributed by atoms with van der Waals surface area (Å²) in [5.74, 6) is -1.02. The number of anilines is 1. The van der Waals surface area contributed by atoms with E-state index in [1.807, 2.05) is 18.4 Å². The highest BCUT2D eigenvalue weighted by Gasteiger charge is 2.31. The van der Waals surface area contributed by atoms with E-state index in [-0.39, 0.29) is 10.6 Å². The van der Waals surface area contributed by atoms with Crippen LogP contribution in [-0.2, 0) is 6.42 Å². The van der Waals surface area contributed by atoms with Crippen molar-refractivity contribution in [3.05, 3.63) is 93.2 Å². The van der Waals surface area contributed by atoms with Crippen molar-refractivity contribution in [3.63, 3.8) is 0 Å². The van der Waals surface area contributed by atoms with E-state index in [1.54, 1.807) is 42.1 Å². The normalized spacial score (nSPS) is 15.6. The van der Waals surface area contributed by atoms with Crippen LogP contribution in [0.3, 0.4) is 0 Å². The fourth-order valence-electron chi connectivity index (χ4n) is 3.60. The van der Waals surface area contributed by atoms with Gasteiger partial charge in [-0.15, -0.1) is 11.8 Å². The summed E-state index contributed by atoms with van der Waals surface area (Å²) in [6.45, 7) is 0. The highest BCUT2D eigenvalue weighted by molar-refractivity contribution is 7.98. The van der Waals surface area contributed by atoms with Crippen molar-refractivity contribution in [2.45, 2.75) is 17.4 Å². The van der Waals surface area contributed by atoms with Gasteiger partial charge >= 0.3 is 6.03 Å². The molecule has 1 aliphatic carbocycles. The molecule has 0 saturated heterocycles. The van der Waals surface area contributed by atoms with Crippen LogP contribution in [0.4, 0.5) is 14.9 Å². The van der Waals surface area contributed by atoms with Gasteiger partial charge < -0.3 is 10.6 Å². The molecule has 174 valence electrons. The van der Waals surface area contributed by atoms with Crippen LogP contribution in [0.5, 0.6) is 0 Å². The summed E-state index contributed by atoms with van der Waals surface area (Å²) >= 11 is 13.8. The Bertz CT molecular complexity index is 1280. The highest BCUT2D eigenvalue weighted by Crippen LogP contribution is 2.27. The second-order valence-corrected chi connectivity index (χ2v) is 9.17. The molecule has 1 unspecified atom stereocenters. The fraction of sp³-hybridized carbons (Fsp3) is 0.125. The maximum atomic E-state index is 13.4. The number of carbonyl (C=O) groups excluding carboxylic acids is 2. The summed E-state index contributed by atoms with van der Waals surface area (Å²) in [6.07, 6.45) is 2.38. The van der Waals surface area contributed by atoms with Crippen molar-refractivity contribution in [2.75, 3.05) is 11.6 Å². The molecule has 0 saturated carbocycles. The van der Waals surface area contributed by atoms with Crippen molar-refractivity contribution in [1.82, 2.24) is 10.7 Å². The number of halogens is 3. The molecule has 34 heavy (non-hydrogen) atoms. The molecule has 6 nitrogen and oxygen atoms in total. The second-order valence-electron chi connectivity index (χ2n) is 7.45. The summed E-state index contributed by atoms with van der Waals surface area (Å²) in [5, 5.41) is 10.4. The van der Waals surface area contributed by atoms with Crippen LogP contribution in [-0.4, -0.2) is 29.9 Å². The van der Waals surface area contributed by atoms with E-state index < -0.39 is 23.8 Å². The largest absolute Gasteiger partial charge is 0.343 e. The van der Waals surface area contributed by atoms with Crippen LogP contribution in [0.2, 0.25) is 10.0 Å². The first-order chi connectivity index (χ1) is 16.3. The average molecular weight is 517 g/mol. The smallest absolute Gasteiger partial charge is 0.339 e. The lowest BCUT2D eigenvalue weighted by molar-refractivity contribution is 0.0947. The molecule has 0 spiro atoms. The van der Waals surface area contributed by atoms with Gasteiger partial charge in [0.05, 0.1) is 22.3 Å². The Kier molecular flexibility index (Phi) is 7.41. The van der Waals surface area contributed by atoms with Gasteiger partial charge in [0.15, 0.2) is 0 Å². The average Bonchev–Trinajstić information content (AvgIpc) is 3.13. The van der Waals surface area contributed by atoms with Gasteiger partial charge in [0.25, 0.3) is 5.91 Å². The van der Waals surface area contributed by atoms with E-state index in [0.717, 1.165) is 28.2 Å². The van der Waals surface area contributed by atoms with Crippen molar-refractivity contribution in [3.8, 4) is 0 Å². The highest BCUT2D eigenvalue weighted by atomic mass is 35.5. The third-order valence-electron chi connectivity index (χ3n) is 5.20. The first-order valence-corrected chi connectivity index (χ1v) is 12.2. The van der Waals surface area contributed by atoms with E-state index in [9.17, 15) is 14.0 Å². The second kappa shape index (κ2) is 10.5. The van der Waals surface area contributed by atoms with Crippen molar-refractivity contribution >= 4 is 58.3 Å². The number of rotatable bonds is 5. The number of thioether (sulfide) groups is 1. The maximum Gasteiger partial charge on any atom is 0.339 e. The molecule has 0 heterocycles. The molecule has 3 aromatic carbocycles. The van der Waals surface area contributed by atoms with Gasteiger partial charge in [-0.25, -0.2) is 14.6 Å². The van der Waals surface area contributed by atoms with Gasteiger partial charge in [-0.2, -0.15) is 5.10 Å². The summed E-state index contributed by atoms with van der Waals surface area (Å²) in [5.41, 5.74) is 5.33. The summed E-state index contributed by atoms with van der Waals surface area (Å²) in [7, 11) is 0. The molecule has 3 amide bonds. The predicted molar refractivity (Wildman–Crippen MR) is 135 cm³/mol. The Labute approximate surface area is 209 Å². The zero-order valence-electron chi connectivity index (χ0n) is 17.9. The van der Waals surface area contributed by atoms with Crippen LogP contribution in [0.1, 0.15) is 21.5 Å². The Morgan fingerprint density at radius 2 is 1.82 bits per heavy atom. The molecule has 0 bridgehead atoms. The van der Waals surface area contributed by atoms with E-state index in [2.05, 4.69) is 21.2 Å². The van der Waals surface area contributed by atoms with Crippen LogP contribution in [0.15, 0.2) is 70.7 Å². The maximum absolute atomic E-state index is 13.4. The van der Waals surface area contributed by atoms with Crippen LogP contribution >= 0.6 is 35.0 Å². The van der Waals surface area contributed by atoms with Gasteiger partial charge in [0.1, 0.15) is 5.82 Å².